The Morgan fingerprint density at radius 2 is 1.75 bits per heavy atom. The number of carbonyl (C=O) groups excluding carboxylic acids is 2. The second-order valence-corrected chi connectivity index (χ2v) is 11.5. The number of aryl methyl sites for hydroxylation is 2. The highest BCUT2D eigenvalue weighted by Gasteiger charge is 2.27. The number of sulfonamides is 1. The highest BCUT2D eigenvalue weighted by molar-refractivity contribution is 7.89. The number of carbonyl (C=O) groups is 2. The van der Waals surface area contributed by atoms with E-state index < -0.39 is 22.5 Å². The van der Waals surface area contributed by atoms with Gasteiger partial charge in [0.25, 0.3) is 0 Å². The maximum atomic E-state index is 13.1. The lowest BCUT2D eigenvalue weighted by molar-refractivity contribution is -0.132. The number of benzene rings is 2. The molecule has 0 saturated heterocycles. The van der Waals surface area contributed by atoms with Crippen LogP contribution in [0.4, 0.5) is 0 Å². The van der Waals surface area contributed by atoms with Crippen molar-refractivity contribution in [1.29, 1.82) is 0 Å². The molecule has 0 fully saturated rings. The molecule has 196 valence electrons. The Balaban J connectivity index is 1.55. The highest BCUT2D eigenvalue weighted by atomic mass is 32.2. The van der Waals surface area contributed by atoms with Crippen LogP contribution in [0.3, 0.4) is 0 Å². The lowest BCUT2D eigenvalue weighted by Gasteiger charge is -2.26. The lowest BCUT2D eigenvalue weighted by Crippen LogP contribution is -2.43. The average Bonchev–Trinajstić information content (AvgIpc) is 2.81. The molecule has 9 nitrogen and oxygen atoms in total. The molecule has 0 unspecified atom stereocenters. The van der Waals surface area contributed by atoms with Gasteiger partial charge in [0.15, 0.2) is 0 Å². The molecule has 36 heavy (non-hydrogen) atoms. The number of amides is 2. The van der Waals surface area contributed by atoms with E-state index in [1.165, 1.54) is 25.3 Å². The van der Waals surface area contributed by atoms with Crippen LogP contribution >= 0.6 is 0 Å². The van der Waals surface area contributed by atoms with E-state index in [-0.39, 0.29) is 17.3 Å². The minimum atomic E-state index is -3.91. The van der Waals surface area contributed by atoms with Gasteiger partial charge in [-0.2, -0.15) is 4.31 Å². The Hall–Kier alpha value is -2.95. The molecular weight excluding hydrogens is 480 g/mol. The van der Waals surface area contributed by atoms with E-state index >= 15 is 0 Å². The molecule has 1 aliphatic rings. The normalized spacial score (nSPS) is 13.9. The fraction of sp³-hybridized carbons (Fsp3) is 0.462. The summed E-state index contributed by atoms with van der Waals surface area (Å²) in [5.41, 5.74) is 4.73. The summed E-state index contributed by atoms with van der Waals surface area (Å²) in [4.78, 5) is 29.0. The second kappa shape index (κ2) is 11.4. The molecule has 2 amide bonds. The predicted molar refractivity (Wildman–Crippen MR) is 138 cm³/mol. The minimum Gasteiger partial charge on any atom is -0.497 e. The maximum Gasteiger partial charge on any atom is 0.243 e. The van der Waals surface area contributed by atoms with E-state index in [1.807, 2.05) is 6.07 Å². The molecule has 0 aliphatic carbocycles. The van der Waals surface area contributed by atoms with Gasteiger partial charge in [0.05, 0.1) is 25.1 Å². The van der Waals surface area contributed by atoms with E-state index in [0.717, 1.165) is 29.4 Å². The largest absolute Gasteiger partial charge is 0.497 e. The summed E-state index contributed by atoms with van der Waals surface area (Å²) in [5, 5.41) is 2.54. The first-order valence-electron chi connectivity index (χ1n) is 11.8. The lowest BCUT2D eigenvalue weighted by atomic mass is 9.97. The van der Waals surface area contributed by atoms with Crippen molar-refractivity contribution < 1.29 is 22.7 Å². The van der Waals surface area contributed by atoms with Gasteiger partial charge in [0.2, 0.25) is 21.8 Å². The number of methoxy groups -OCH3 is 1. The molecule has 1 N–H and O–H groups in total. The van der Waals surface area contributed by atoms with Crippen molar-refractivity contribution in [1.82, 2.24) is 19.4 Å². The van der Waals surface area contributed by atoms with Crippen LogP contribution < -0.4 is 10.1 Å². The Labute approximate surface area is 214 Å². The summed E-state index contributed by atoms with van der Waals surface area (Å²) in [7, 11) is 2.75. The Bertz CT molecular complexity index is 1220. The van der Waals surface area contributed by atoms with Crippen LogP contribution in [0.2, 0.25) is 0 Å². The second-order valence-electron chi connectivity index (χ2n) is 9.47. The van der Waals surface area contributed by atoms with Gasteiger partial charge >= 0.3 is 0 Å². The number of fused-ring (bicyclic) bond motifs is 1. The maximum absolute atomic E-state index is 13.1. The van der Waals surface area contributed by atoms with Gasteiger partial charge in [0.1, 0.15) is 5.75 Å². The smallest absolute Gasteiger partial charge is 0.243 e. The molecule has 0 spiro atoms. The van der Waals surface area contributed by atoms with E-state index in [1.54, 1.807) is 37.9 Å². The molecule has 0 atom stereocenters. The summed E-state index contributed by atoms with van der Waals surface area (Å²) in [6.07, 6.45) is 0.986. The third-order valence-corrected chi connectivity index (χ3v) is 8.57. The first-order chi connectivity index (χ1) is 16.9. The van der Waals surface area contributed by atoms with Gasteiger partial charge in [-0.05, 0) is 67.3 Å². The first kappa shape index (κ1) is 27.6. The SMILES string of the molecule is COc1cc(C)c(S(=O)(=O)N(C)CC(=O)NCC(=O)N(C)Cc2ccc3c(c2)CCN(C)C3)c(C)c1. The molecule has 3 rings (SSSR count). The van der Waals surface area contributed by atoms with E-state index in [4.69, 9.17) is 4.74 Å². The van der Waals surface area contributed by atoms with Crippen LogP contribution in [0.5, 0.6) is 5.75 Å². The molecule has 1 heterocycles. The van der Waals surface area contributed by atoms with Crippen LogP contribution in [0.1, 0.15) is 27.8 Å². The van der Waals surface area contributed by atoms with Crippen LogP contribution in [-0.2, 0) is 39.1 Å². The zero-order chi connectivity index (χ0) is 26.6. The van der Waals surface area contributed by atoms with Gasteiger partial charge in [-0.1, -0.05) is 18.2 Å². The number of likely N-dealkylation sites (N-methyl/N-ethyl adjacent to an activating group) is 3. The number of nitrogens with one attached hydrogen (secondary N) is 1. The van der Waals surface area contributed by atoms with Gasteiger partial charge in [-0.25, -0.2) is 8.42 Å². The van der Waals surface area contributed by atoms with Crippen molar-refractivity contribution in [3.8, 4) is 5.75 Å². The fourth-order valence-corrected chi connectivity index (χ4v) is 5.98. The molecule has 0 aromatic heterocycles. The van der Waals surface area contributed by atoms with E-state index in [2.05, 4.69) is 29.4 Å². The van der Waals surface area contributed by atoms with Crippen molar-refractivity contribution in [2.75, 3.05) is 47.9 Å². The Morgan fingerprint density at radius 1 is 1.08 bits per heavy atom. The molecular formula is C26H36N4O5S. The van der Waals surface area contributed by atoms with Crippen molar-refractivity contribution in [2.45, 2.75) is 38.3 Å². The molecule has 0 bridgehead atoms. The number of hydrogen-bond donors (Lipinski definition) is 1. The summed E-state index contributed by atoms with van der Waals surface area (Å²) >= 11 is 0. The van der Waals surface area contributed by atoms with Gasteiger partial charge in [-0.3, -0.25) is 9.59 Å². The number of nitrogens with zero attached hydrogens (tertiary/aromatic N) is 3. The standard InChI is InChI=1S/C26H36N4O5S/c1-18-11-23(35-6)12-19(2)26(18)36(33,34)30(5)17-24(31)27-14-25(32)29(4)15-20-7-8-22-16-28(3)10-9-21(22)13-20/h7-8,11-13H,9-10,14-17H2,1-6H3,(H,27,31). The number of rotatable bonds is 9. The van der Waals surface area contributed by atoms with Crippen molar-refractivity contribution in [3.63, 3.8) is 0 Å². The molecule has 10 heteroatoms. The third kappa shape index (κ3) is 6.43. The van der Waals surface area contributed by atoms with Crippen LogP contribution in [0.25, 0.3) is 0 Å². The Morgan fingerprint density at radius 3 is 2.39 bits per heavy atom. The summed E-state index contributed by atoms with van der Waals surface area (Å²) < 4.78 is 32.4. The average molecular weight is 517 g/mol. The molecule has 0 radical (unpaired) electrons. The fourth-order valence-electron chi connectivity index (χ4n) is 4.45. The minimum absolute atomic E-state index is 0.145. The summed E-state index contributed by atoms with van der Waals surface area (Å²) in [5.74, 6) is -0.243. The monoisotopic (exact) mass is 516 g/mol. The van der Waals surface area contributed by atoms with Gasteiger partial charge in [0, 0.05) is 33.7 Å². The highest BCUT2D eigenvalue weighted by Crippen LogP contribution is 2.27. The van der Waals surface area contributed by atoms with Crippen molar-refractivity contribution >= 4 is 21.8 Å². The van der Waals surface area contributed by atoms with Crippen LogP contribution in [-0.4, -0.2) is 82.2 Å². The first-order valence-corrected chi connectivity index (χ1v) is 13.3. The third-order valence-electron chi connectivity index (χ3n) is 6.46. The topological polar surface area (TPSA) is 99.3 Å². The molecule has 1 aliphatic heterocycles. The zero-order valence-corrected chi connectivity index (χ0v) is 22.7. The molecule has 2 aromatic carbocycles. The van der Waals surface area contributed by atoms with Crippen LogP contribution in [0, 0.1) is 13.8 Å². The van der Waals surface area contributed by atoms with E-state index in [0.29, 0.717) is 23.4 Å². The summed E-state index contributed by atoms with van der Waals surface area (Å²) in [6, 6.07) is 9.58. The molecule has 0 saturated carbocycles. The van der Waals surface area contributed by atoms with E-state index in [9.17, 15) is 18.0 Å². The number of ether oxygens (including phenoxy) is 1. The van der Waals surface area contributed by atoms with Crippen molar-refractivity contribution in [2.24, 2.45) is 0 Å². The van der Waals surface area contributed by atoms with Gasteiger partial charge in [-0.15, -0.1) is 0 Å². The summed E-state index contributed by atoms with van der Waals surface area (Å²) in [6.45, 7) is 5.14. The Kier molecular flexibility index (Phi) is 8.76. The number of hydrogen-bond acceptors (Lipinski definition) is 6. The quantitative estimate of drug-likeness (QED) is 0.545. The van der Waals surface area contributed by atoms with Crippen LogP contribution in [0.15, 0.2) is 35.2 Å². The van der Waals surface area contributed by atoms with Gasteiger partial charge < -0.3 is 19.9 Å². The molecule has 2 aromatic rings. The zero-order valence-electron chi connectivity index (χ0n) is 21.9. The predicted octanol–water partition coefficient (Wildman–Crippen LogP) is 1.70. The van der Waals surface area contributed by atoms with Crippen molar-refractivity contribution in [3.05, 3.63) is 58.1 Å².